The van der Waals surface area contributed by atoms with Gasteiger partial charge in [0, 0.05) is 11.1 Å². The zero-order valence-corrected chi connectivity index (χ0v) is 8.64. The molecule has 0 bridgehead atoms. The number of ether oxygens (including phenoxy) is 2. The first-order chi connectivity index (χ1) is 6.54. The van der Waals surface area contributed by atoms with Crippen LogP contribution in [0, 0.1) is 19.7 Å². The van der Waals surface area contributed by atoms with Crippen LogP contribution in [-0.4, -0.2) is 19.3 Å². The minimum atomic E-state index is -0.472. The summed E-state index contributed by atoms with van der Waals surface area (Å²) < 4.78 is 23.4. The van der Waals surface area contributed by atoms with Crippen LogP contribution in [-0.2, 0) is 0 Å². The third-order valence-corrected chi connectivity index (χ3v) is 2.18. The molecule has 0 fully saturated rings. The van der Waals surface area contributed by atoms with Crippen molar-refractivity contribution in [3.8, 4) is 17.2 Å². The van der Waals surface area contributed by atoms with Crippen molar-refractivity contribution >= 4 is 0 Å². The van der Waals surface area contributed by atoms with Crippen LogP contribution in [0.3, 0.4) is 0 Å². The molecular weight excluding hydrogens is 187 g/mol. The Morgan fingerprint density at radius 3 is 1.93 bits per heavy atom. The second-order valence-corrected chi connectivity index (χ2v) is 2.98. The van der Waals surface area contributed by atoms with Gasteiger partial charge in [0.2, 0.25) is 5.75 Å². The van der Waals surface area contributed by atoms with E-state index < -0.39 is 5.82 Å². The summed E-state index contributed by atoms with van der Waals surface area (Å²) in [6.07, 6.45) is 0. The largest absolute Gasteiger partial charge is 0.504 e. The van der Waals surface area contributed by atoms with Gasteiger partial charge in [-0.2, -0.15) is 0 Å². The Morgan fingerprint density at radius 1 is 1.00 bits per heavy atom. The first-order valence-corrected chi connectivity index (χ1v) is 4.14. The van der Waals surface area contributed by atoms with E-state index >= 15 is 0 Å². The standard InChI is InChI=1S/C10H13FO3/c1-5-7(11)6(2)9(13-3)10(14-4)8(5)12/h12H,1-4H3. The van der Waals surface area contributed by atoms with Crippen molar-refractivity contribution in [1.29, 1.82) is 0 Å². The number of halogens is 1. The molecule has 0 unspecified atom stereocenters. The topological polar surface area (TPSA) is 38.7 Å². The molecule has 1 aromatic carbocycles. The molecule has 0 radical (unpaired) electrons. The molecule has 0 atom stereocenters. The van der Waals surface area contributed by atoms with Gasteiger partial charge in [-0.05, 0) is 13.8 Å². The fraction of sp³-hybridized carbons (Fsp3) is 0.400. The van der Waals surface area contributed by atoms with Crippen molar-refractivity contribution in [1.82, 2.24) is 0 Å². The molecule has 0 amide bonds. The Labute approximate surface area is 82.1 Å². The van der Waals surface area contributed by atoms with E-state index in [4.69, 9.17) is 9.47 Å². The Balaban J connectivity index is 3.57. The Bertz CT molecular complexity index is 326. The first kappa shape index (κ1) is 10.6. The molecule has 0 saturated carbocycles. The highest BCUT2D eigenvalue weighted by Crippen LogP contribution is 2.42. The van der Waals surface area contributed by atoms with E-state index in [9.17, 15) is 9.50 Å². The minimum Gasteiger partial charge on any atom is -0.504 e. The molecule has 0 heterocycles. The molecule has 4 heteroatoms. The molecule has 0 aliphatic carbocycles. The lowest BCUT2D eigenvalue weighted by molar-refractivity contribution is 0.326. The van der Waals surface area contributed by atoms with E-state index in [1.807, 2.05) is 0 Å². The molecule has 0 aromatic heterocycles. The zero-order chi connectivity index (χ0) is 10.9. The average Bonchev–Trinajstić information content (AvgIpc) is 2.20. The maximum Gasteiger partial charge on any atom is 0.203 e. The third-order valence-electron chi connectivity index (χ3n) is 2.18. The molecule has 14 heavy (non-hydrogen) atoms. The Kier molecular flexibility index (Phi) is 2.84. The molecule has 0 spiro atoms. The fourth-order valence-corrected chi connectivity index (χ4v) is 1.37. The molecule has 3 nitrogen and oxygen atoms in total. The number of phenolic OH excluding ortho intramolecular Hbond substituents is 1. The highest BCUT2D eigenvalue weighted by molar-refractivity contribution is 5.59. The van der Waals surface area contributed by atoms with Crippen molar-refractivity contribution in [2.75, 3.05) is 14.2 Å². The van der Waals surface area contributed by atoms with Crippen LogP contribution in [0.4, 0.5) is 4.39 Å². The summed E-state index contributed by atoms with van der Waals surface area (Å²) in [5, 5.41) is 9.57. The van der Waals surface area contributed by atoms with Gasteiger partial charge >= 0.3 is 0 Å². The van der Waals surface area contributed by atoms with Gasteiger partial charge in [-0.3, -0.25) is 0 Å². The molecule has 1 rings (SSSR count). The van der Waals surface area contributed by atoms with Crippen molar-refractivity contribution in [2.45, 2.75) is 13.8 Å². The van der Waals surface area contributed by atoms with Gasteiger partial charge < -0.3 is 14.6 Å². The van der Waals surface area contributed by atoms with Crippen molar-refractivity contribution < 1.29 is 19.0 Å². The number of benzene rings is 1. The van der Waals surface area contributed by atoms with Crippen molar-refractivity contribution in [3.05, 3.63) is 16.9 Å². The SMILES string of the molecule is COc1c(C)c(F)c(C)c(O)c1OC. The Hall–Kier alpha value is -1.45. The minimum absolute atomic E-state index is 0.167. The summed E-state index contributed by atoms with van der Waals surface area (Å²) in [5.41, 5.74) is 0.500. The summed E-state index contributed by atoms with van der Waals surface area (Å²) >= 11 is 0. The Morgan fingerprint density at radius 2 is 1.50 bits per heavy atom. The second-order valence-electron chi connectivity index (χ2n) is 2.98. The lowest BCUT2D eigenvalue weighted by Crippen LogP contribution is -1.99. The monoisotopic (exact) mass is 200 g/mol. The smallest absolute Gasteiger partial charge is 0.203 e. The van der Waals surface area contributed by atoms with Crippen molar-refractivity contribution in [2.24, 2.45) is 0 Å². The molecule has 0 aliphatic rings. The van der Waals surface area contributed by atoms with Crippen molar-refractivity contribution in [3.63, 3.8) is 0 Å². The van der Waals surface area contributed by atoms with Gasteiger partial charge in [0.1, 0.15) is 5.82 Å². The third kappa shape index (κ3) is 1.36. The van der Waals surface area contributed by atoms with Gasteiger partial charge in [0.05, 0.1) is 14.2 Å². The molecule has 78 valence electrons. The van der Waals surface area contributed by atoms with E-state index in [1.54, 1.807) is 6.92 Å². The molecule has 1 N–H and O–H groups in total. The zero-order valence-electron chi connectivity index (χ0n) is 8.64. The lowest BCUT2D eigenvalue weighted by Gasteiger charge is -2.14. The van der Waals surface area contributed by atoms with Crippen LogP contribution in [0.25, 0.3) is 0 Å². The first-order valence-electron chi connectivity index (χ1n) is 4.14. The number of hydrogen-bond donors (Lipinski definition) is 1. The molecule has 1 aromatic rings. The predicted molar refractivity (Wildman–Crippen MR) is 50.6 cm³/mol. The summed E-state index contributed by atoms with van der Waals surface area (Å²) in [6.45, 7) is 3.06. The van der Waals surface area contributed by atoms with Crippen LogP contribution < -0.4 is 9.47 Å². The van der Waals surface area contributed by atoms with Gasteiger partial charge in [0.15, 0.2) is 11.5 Å². The molecule has 0 aliphatic heterocycles. The normalized spacial score (nSPS) is 10.1. The van der Waals surface area contributed by atoms with Gasteiger partial charge in [-0.25, -0.2) is 4.39 Å². The van der Waals surface area contributed by atoms with E-state index in [1.165, 1.54) is 21.1 Å². The van der Waals surface area contributed by atoms with Crippen LogP contribution >= 0.6 is 0 Å². The number of aromatic hydroxyl groups is 1. The van der Waals surface area contributed by atoms with E-state index in [-0.39, 0.29) is 22.8 Å². The van der Waals surface area contributed by atoms with Gasteiger partial charge in [-0.1, -0.05) is 0 Å². The lowest BCUT2D eigenvalue weighted by atomic mass is 10.1. The number of phenols is 1. The second kappa shape index (κ2) is 3.74. The van der Waals surface area contributed by atoms with E-state index in [0.717, 1.165) is 0 Å². The number of hydrogen-bond acceptors (Lipinski definition) is 3. The molecular formula is C10H13FO3. The van der Waals surface area contributed by atoms with E-state index in [2.05, 4.69) is 0 Å². The summed E-state index contributed by atoms with van der Waals surface area (Å²) in [4.78, 5) is 0. The quantitative estimate of drug-likeness (QED) is 0.795. The number of methoxy groups -OCH3 is 2. The van der Waals surface area contributed by atoms with Crippen LogP contribution in [0.2, 0.25) is 0 Å². The maximum absolute atomic E-state index is 13.5. The predicted octanol–water partition coefficient (Wildman–Crippen LogP) is 2.17. The van der Waals surface area contributed by atoms with E-state index in [0.29, 0.717) is 5.56 Å². The maximum atomic E-state index is 13.5. The van der Waals surface area contributed by atoms with Crippen LogP contribution in [0.15, 0.2) is 0 Å². The highest BCUT2D eigenvalue weighted by atomic mass is 19.1. The van der Waals surface area contributed by atoms with Crippen LogP contribution in [0.1, 0.15) is 11.1 Å². The highest BCUT2D eigenvalue weighted by Gasteiger charge is 2.20. The number of rotatable bonds is 2. The average molecular weight is 200 g/mol. The summed E-state index contributed by atoms with van der Waals surface area (Å²) in [5.74, 6) is -0.287. The fourth-order valence-electron chi connectivity index (χ4n) is 1.37. The van der Waals surface area contributed by atoms with Gasteiger partial charge in [-0.15, -0.1) is 0 Å². The van der Waals surface area contributed by atoms with Crippen LogP contribution in [0.5, 0.6) is 17.2 Å². The van der Waals surface area contributed by atoms with Gasteiger partial charge in [0.25, 0.3) is 0 Å². The summed E-state index contributed by atoms with van der Waals surface area (Å²) in [6, 6.07) is 0. The molecule has 0 saturated heterocycles. The summed E-state index contributed by atoms with van der Waals surface area (Å²) in [7, 11) is 2.80.